The van der Waals surface area contributed by atoms with E-state index in [1.807, 2.05) is 31.2 Å². The molecule has 0 radical (unpaired) electrons. The van der Waals surface area contributed by atoms with Gasteiger partial charge in [0.05, 0.1) is 23.7 Å². The predicted octanol–water partition coefficient (Wildman–Crippen LogP) is 4.91. The number of hydrogen-bond donors (Lipinski definition) is 1. The van der Waals surface area contributed by atoms with E-state index in [9.17, 15) is 9.90 Å². The van der Waals surface area contributed by atoms with Gasteiger partial charge in [-0.05, 0) is 72.7 Å². The second-order valence-corrected chi connectivity index (χ2v) is 7.82. The molecule has 4 aromatic rings. The van der Waals surface area contributed by atoms with Gasteiger partial charge in [-0.1, -0.05) is 25.5 Å². The van der Waals surface area contributed by atoms with Gasteiger partial charge in [0, 0.05) is 11.1 Å². The summed E-state index contributed by atoms with van der Waals surface area (Å²) in [5.41, 5.74) is 3.26. The fourth-order valence-electron chi connectivity index (χ4n) is 3.56. The van der Waals surface area contributed by atoms with Gasteiger partial charge in [0.1, 0.15) is 17.2 Å². The molecular weight excluding hydrogens is 430 g/mol. The van der Waals surface area contributed by atoms with Crippen LogP contribution >= 0.6 is 0 Å². The number of phenolic OH excluding ortho intramolecular Hbond substituents is 1. The van der Waals surface area contributed by atoms with Gasteiger partial charge in [0.25, 0.3) is 0 Å². The summed E-state index contributed by atoms with van der Waals surface area (Å²) in [6.07, 6.45) is 1.39. The van der Waals surface area contributed by atoms with Crippen molar-refractivity contribution in [1.29, 1.82) is 5.26 Å². The number of benzene rings is 3. The number of carbonyl (C=O) groups excluding carboxylic acids is 1. The minimum Gasteiger partial charge on any atom is -0.507 e. The highest BCUT2D eigenvalue weighted by Gasteiger charge is 2.16. The highest BCUT2D eigenvalue weighted by molar-refractivity contribution is 5.97. The van der Waals surface area contributed by atoms with E-state index in [0.717, 1.165) is 17.5 Å². The maximum atomic E-state index is 11.8. The minimum absolute atomic E-state index is 0.0217. The smallest absolute Gasteiger partial charge is 0.204 e. The third kappa shape index (κ3) is 4.94. The van der Waals surface area contributed by atoms with Gasteiger partial charge in [-0.2, -0.15) is 10.1 Å². The second kappa shape index (κ2) is 9.96. The highest BCUT2D eigenvalue weighted by Crippen LogP contribution is 2.35. The highest BCUT2D eigenvalue weighted by atomic mass is 16.5. The lowest BCUT2D eigenvalue weighted by atomic mass is 10.0. The number of nitrogens with zero attached hydrogens (tertiary/aromatic N) is 5. The van der Waals surface area contributed by atoms with Crippen molar-refractivity contribution >= 4 is 5.78 Å². The largest absolute Gasteiger partial charge is 0.507 e. The Labute approximate surface area is 197 Å². The summed E-state index contributed by atoms with van der Waals surface area (Å²) in [4.78, 5) is 13.3. The van der Waals surface area contributed by atoms with Gasteiger partial charge in [-0.3, -0.25) is 4.79 Å². The number of aromatic hydroxyl groups is 1. The van der Waals surface area contributed by atoms with Crippen molar-refractivity contribution in [2.45, 2.75) is 33.2 Å². The second-order valence-electron chi connectivity index (χ2n) is 7.82. The number of phenols is 1. The summed E-state index contributed by atoms with van der Waals surface area (Å²) in [6.45, 7) is 3.87. The number of aromatic nitrogens is 4. The number of hydrogen-bond acceptors (Lipinski definition) is 7. The fraction of sp³-hybridized carbons (Fsp3) is 0.192. The third-order valence-corrected chi connectivity index (χ3v) is 5.32. The topological polar surface area (TPSA) is 114 Å². The molecular formula is C26H23N5O3. The van der Waals surface area contributed by atoms with Gasteiger partial charge in [0.15, 0.2) is 5.78 Å². The van der Waals surface area contributed by atoms with Crippen molar-refractivity contribution in [3.63, 3.8) is 0 Å². The Kier molecular flexibility index (Phi) is 6.64. The molecule has 3 aromatic carbocycles. The Hall–Kier alpha value is -4.51. The Morgan fingerprint density at radius 1 is 1.09 bits per heavy atom. The van der Waals surface area contributed by atoms with Gasteiger partial charge in [-0.25, -0.2) is 0 Å². The molecule has 170 valence electrons. The van der Waals surface area contributed by atoms with Crippen LogP contribution in [0.5, 0.6) is 17.2 Å². The van der Waals surface area contributed by atoms with Crippen LogP contribution in [0.2, 0.25) is 0 Å². The lowest BCUT2D eigenvalue weighted by molar-refractivity contribution is 0.101. The molecule has 0 unspecified atom stereocenters. The summed E-state index contributed by atoms with van der Waals surface area (Å²) in [5, 5.41) is 32.1. The third-order valence-electron chi connectivity index (χ3n) is 5.32. The van der Waals surface area contributed by atoms with Crippen molar-refractivity contribution in [2.24, 2.45) is 0 Å². The van der Waals surface area contributed by atoms with Crippen molar-refractivity contribution in [3.05, 3.63) is 82.9 Å². The summed E-state index contributed by atoms with van der Waals surface area (Å²) < 4.78 is 6.02. The first-order valence-corrected chi connectivity index (χ1v) is 10.9. The van der Waals surface area contributed by atoms with E-state index in [-0.39, 0.29) is 11.5 Å². The first kappa shape index (κ1) is 22.7. The quantitative estimate of drug-likeness (QED) is 0.377. The number of ether oxygens (including phenoxy) is 1. The monoisotopic (exact) mass is 453 g/mol. The molecule has 8 heteroatoms. The van der Waals surface area contributed by atoms with Crippen molar-refractivity contribution < 1.29 is 14.6 Å². The zero-order valence-corrected chi connectivity index (χ0v) is 18.9. The molecule has 0 saturated carbocycles. The standard InChI is InChI=1S/C26H23N5O3/c1-3-4-23-24(14-13-22(17(2)32)25(23)33)34-21-11-9-20(10-12-21)26-28-30-31(29-26)16-19-7-5-18(15-27)6-8-19/h5-14,33H,3-4,16H2,1-2H3. The van der Waals surface area contributed by atoms with E-state index in [1.54, 1.807) is 36.4 Å². The van der Waals surface area contributed by atoms with E-state index in [1.165, 1.54) is 11.7 Å². The molecule has 4 rings (SSSR count). The SMILES string of the molecule is CCCc1c(Oc2ccc(-c3nnn(Cc4ccc(C#N)cc4)n3)cc2)ccc(C(C)=O)c1O. The Morgan fingerprint density at radius 3 is 2.47 bits per heavy atom. The van der Waals surface area contributed by atoms with Crippen molar-refractivity contribution in [3.8, 4) is 34.7 Å². The summed E-state index contributed by atoms with van der Waals surface area (Å²) in [7, 11) is 0. The van der Waals surface area contributed by atoms with Crippen LogP contribution in [0.4, 0.5) is 0 Å². The van der Waals surface area contributed by atoms with E-state index in [2.05, 4.69) is 21.5 Å². The first-order chi connectivity index (χ1) is 16.5. The molecule has 1 aromatic heterocycles. The number of carbonyl (C=O) groups is 1. The van der Waals surface area contributed by atoms with Crippen LogP contribution < -0.4 is 4.74 Å². The molecule has 0 bridgehead atoms. The fourth-order valence-corrected chi connectivity index (χ4v) is 3.56. The van der Waals surface area contributed by atoms with Gasteiger partial charge in [0.2, 0.25) is 5.82 Å². The average Bonchev–Trinajstić information content (AvgIpc) is 3.30. The molecule has 8 nitrogen and oxygen atoms in total. The van der Waals surface area contributed by atoms with E-state index in [4.69, 9.17) is 10.00 Å². The molecule has 0 saturated heterocycles. The predicted molar refractivity (Wildman–Crippen MR) is 126 cm³/mol. The zero-order valence-electron chi connectivity index (χ0n) is 18.9. The normalized spacial score (nSPS) is 10.6. The molecule has 0 atom stereocenters. The maximum Gasteiger partial charge on any atom is 0.204 e. The van der Waals surface area contributed by atoms with Gasteiger partial charge < -0.3 is 9.84 Å². The van der Waals surface area contributed by atoms with Crippen LogP contribution in [0.3, 0.4) is 0 Å². The first-order valence-electron chi connectivity index (χ1n) is 10.9. The minimum atomic E-state index is -0.189. The lowest BCUT2D eigenvalue weighted by Gasteiger charge is -2.14. The number of rotatable bonds is 8. The lowest BCUT2D eigenvalue weighted by Crippen LogP contribution is -2.04. The zero-order chi connectivity index (χ0) is 24.1. The van der Waals surface area contributed by atoms with Crippen molar-refractivity contribution in [2.75, 3.05) is 0 Å². The Morgan fingerprint density at radius 2 is 1.82 bits per heavy atom. The molecule has 0 amide bonds. The van der Waals surface area contributed by atoms with E-state index in [0.29, 0.717) is 47.0 Å². The summed E-state index contributed by atoms with van der Waals surface area (Å²) >= 11 is 0. The van der Waals surface area contributed by atoms with Crippen LogP contribution in [-0.2, 0) is 13.0 Å². The molecule has 0 aliphatic heterocycles. The number of nitriles is 1. The molecule has 1 heterocycles. The van der Waals surface area contributed by atoms with Crippen LogP contribution in [-0.4, -0.2) is 31.1 Å². The summed E-state index contributed by atoms with van der Waals surface area (Å²) in [5.74, 6) is 1.37. The summed E-state index contributed by atoms with van der Waals surface area (Å²) in [6, 6.07) is 19.9. The van der Waals surface area contributed by atoms with Crippen LogP contribution in [0.1, 0.15) is 47.3 Å². The number of ketones is 1. The van der Waals surface area contributed by atoms with Crippen LogP contribution in [0.25, 0.3) is 11.4 Å². The van der Waals surface area contributed by atoms with Gasteiger partial charge in [-0.15, -0.1) is 10.2 Å². The molecule has 0 spiro atoms. The molecule has 34 heavy (non-hydrogen) atoms. The van der Waals surface area contributed by atoms with E-state index >= 15 is 0 Å². The average molecular weight is 454 g/mol. The van der Waals surface area contributed by atoms with Crippen LogP contribution in [0.15, 0.2) is 60.7 Å². The Balaban J connectivity index is 1.49. The van der Waals surface area contributed by atoms with Crippen LogP contribution in [0, 0.1) is 11.3 Å². The number of tetrazole rings is 1. The van der Waals surface area contributed by atoms with Crippen molar-refractivity contribution in [1.82, 2.24) is 20.2 Å². The maximum absolute atomic E-state index is 11.8. The molecule has 0 fully saturated rings. The Bertz CT molecular complexity index is 1350. The molecule has 0 aliphatic rings. The molecule has 1 N–H and O–H groups in total. The number of Topliss-reactive ketones (excluding diaryl/α,β-unsaturated/α-hetero) is 1. The molecule has 0 aliphatic carbocycles. The van der Waals surface area contributed by atoms with E-state index < -0.39 is 0 Å². The van der Waals surface area contributed by atoms with Gasteiger partial charge >= 0.3 is 0 Å².